The Morgan fingerprint density at radius 3 is 2.31 bits per heavy atom. The van der Waals surface area contributed by atoms with Crippen molar-refractivity contribution >= 4 is 49.6 Å². The van der Waals surface area contributed by atoms with Crippen molar-refractivity contribution in [1.29, 1.82) is 0 Å². The Bertz CT molecular complexity index is 1120. The van der Waals surface area contributed by atoms with Crippen LogP contribution in [0.4, 0.5) is 24.7 Å². The van der Waals surface area contributed by atoms with E-state index in [9.17, 15) is 23.3 Å². The van der Waals surface area contributed by atoms with Crippen molar-refractivity contribution in [1.82, 2.24) is 4.98 Å². The minimum Gasteiger partial charge on any atom is -0.487 e. The van der Waals surface area contributed by atoms with E-state index in [4.69, 9.17) is 4.74 Å². The summed E-state index contributed by atoms with van der Waals surface area (Å²) in [6.07, 6.45) is -2.26. The molecule has 0 aliphatic carbocycles. The van der Waals surface area contributed by atoms with Crippen molar-refractivity contribution < 1.29 is 22.8 Å². The first-order valence-corrected chi connectivity index (χ1v) is 10.4. The maximum Gasteiger partial charge on any atom is 0.417 e. The van der Waals surface area contributed by atoms with Gasteiger partial charge in [-0.05, 0) is 79.4 Å². The lowest BCUT2D eigenvalue weighted by molar-refractivity contribution is -0.384. The number of non-ortho nitro benzene ring substituents is 1. The van der Waals surface area contributed by atoms with Crippen molar-refractivity contribution in [3.63, 3.8) is 0 Å². The maximum atomic E-state index is 12.6. The van der Waals surface area contributed by atoms with E-state index >= 15 is 0 Å². The number of hydrogen-bond donors (Lipinski definition) is 1. The number of anilines is 1. The number of nitro groups is 1. The second kappa shape index (κ2) is 10.1. The summed E-state index contributed by atoms with van der Waals surface area (Å²) < 4.78 is 44.7. The molecule has 2 aromatic carbocycles. The van der Waals surface area contributed by atoms with Crippen LogP contribution < -0.4 is 10.2 Å². The molecule has 0 radical (unpaired) electrons. The van der Waals surface area contributed by atoms with Gasteiger partial charge in [0.05, 0.1) is 25.6 Å². The van der Waals surface area contributed by atoms with E-state index in [2.05, 4.69) is 47.4 Å². The van der Waals surface area contributed by atoms with Crippen LogP contribution in [0.3, 0.4) is 0 Å². The van der Waals surface area contributed by atoms with Gasteiger partial charge in [-0.2, -0.15) is 18.3 Å². The molecular formula is C20H13Br2F3N4O3. The van der Waals surface area contributed by atoms with Crippen LogP contribution in [0.2, 0.25) is 0 Å². The number of hydrogen-bond acceptors (Lipinski definition) is 6. The number of rotatable bonds is 7. The SMILES string of the molecule is O=[N+]([O-])c1ccc(COc2c(Br)cc(/C=N\Nc3ccc(C(F)(F)F)cn3)cc2Br)cc1. The largest absolute Gasteiger partial charge is 0.487 e. The third kappa shape index (κ3) is 6.26. The highest BCUT2D eigenvalue weighted by atomic mass is 79.9. The van der Waals surface area contributed by atoms with Crippen molar-refractivity contribution in [2.45, 2.75) is 12.8 Å². The predicted molar refractivity (Wildman–Crippen MR) is 120 cm³/mol. The average molecular weight is 574 g/mol. The molecule has 32 heavy (non-hydrogen) atoms. The standard InChI is InChI=1S/C20H13Br2F3N4O3/c21-16-7-13(9-27-28-18-6-3-14(10-26-18)20(23,24)25)8-17(22)19(16)32-11-12-1-4-15(5-2-12)29(30)31/h1-10H,11H2,(H,26,28)/b27-9-. The second-order valence-electron chi connectivity index (χ2n) is 6.33. The molecule has 1 aromatic heterocycles. The summed E-state index contributed by atoms with van der Waals surface area (Å²) >= 11 is 6.84. The molecule has 7 nitrogen and oxygen atoms in total. The smallest absolute Gasteiger partial charge is 0.417 e. The van der Waals surface area contributed by atoms with Crippen molar-refractivity contribution in [2.75, 3.05) is 5.43 Å². The number of nitrogens with one attached hydrogen (secondary N) is 1. The Morgan fingerprint density at radius 1 is 1.12 bits per heavy atom. The third-order valence-corrected chi connectivity index (χ3v) is 5.21. The van der Waals surface area contributed by atoms with E-state index in [-0.39, 0.29) is 18.1 Å². The highest BCUT2D eigenvalue weighted by molar-refractivity contribution is 9.11. The molecular weight excluding hydrogens is 561 g/mol. The minimum absolute atomic E-state index is 0.000133. The Balaban J connectivity index is 1.62. The fraction of sp³-hybridized carbons (Fsp3) is 0.100. The molecule has 3 rings (SSSR count). The quantitative estimate of drug-likeness (QED) is 0.196. The molecule has 166 valence electrons. The van der Waals surface area contributed by atoms with Crippen LogP contribution in [0.1, 0.15) is 16.7 Å². The number of benzene rings is 2. The van der Waals surface area contributed by atoms with E-state index < -0.39 is 16.7 Å². The van der Waals surface area contributed by atoms with Gasteiger partial charge < -0.3 is 4.74 Å². The van der Waals surface area contributed by atoms with E-state index in [1.54, 1.807) is 24.3 Å². The van der Waals surface area contributed by atoms with Crippen LogP contribution in [0.15, 0.2) is 68.8 Å². The van der Waals surface area contributed by atoms with Crippen molar-refractivity contribution in [3.8, 4) is 5.75 Å². The lowest BCUT2D eigenvalue weighted by Gasteiger charge is -2.11. The zero-order chi connectivity index (χ0) is 23.3. The summed E-state index contributed by atoms with van der Waals surface area (Å²) in [7, 11) is 0. The normalized spacial score (nSPS) is 11.5. The van der Waals surface area contributed by atoms with Crippen LogP contribution in [0.5, 0.6) is 5.75 Å². The Hall–Kier alpha value is -2.99. The first kappa shape index (κ1) is 23.7. The van der Waals surface area contributed by atoms with E-state index in [0.717, 1.165) is 17.8 Å². The first-order chi connectivity index (χ1) is 15.1. The van der Waals surface area contributed by atoms with Gasteiger partial charge in [-0.1, -0.05) is 0 Å². The summed E-state index contributed by atoms with van der Waals surface area (Å²) in [5, 5.41) is 14.7. The number of pyridine rings is 1. The molecule has 0 bridgehead atoms. The topological polar surface area (TPSA) is 89.7 Å². The highest BCUT2D eigenvalue weighted by Crippen LogP contribution is 2.35. The van der Waals surface area contributed by atoms with Crippen LogP contribution in [0, 0.1) is 10.1 Å². The predicted octanol–water partition coefficient (Wildman–Crippen LogP) is 6.56. The molecule has 0 aliphatic heterocycles. The van der Waals surface area contributed by atoms with Crippen LogP contribution >= 0.6 is 31.9 Å². The molecule has 0 saturated heterocycles. The number of aromatic nitrogens is 1. The van der Waals surface area contributed by atoms with Gasteiger partial charge in [0.2, 0.25) is 0 Å². The molecule has 0 saturated carbocycles. The molecule has 3 aromatic rings. The fourth-order valence-electron chi connectivity index (χ4n) is 2.46. The van der Waals surface area contributed by atoms with Gasteiger partial charge in [0.1, 0.15) is 18.2 Å². The number of halogens is 5. The second-order valence-corrected chi connectivity index (χ2v) is 8.03. The zero-order valence-electron chi connectivity index (χ0n) is 15.9. The van der Waals surface area contributed by atoms with Gasteiger partial charge in [0, 0.05) is 18.3 Å². The summed E-state index contributed by atoms with van der Waals surface area (Å²) in [5.41, 5.74) is 3.15. The average Bonchev–Trinajstić information content (AvgIpc) is 2.73. The lowest BCUT2D eigenvalue weighted by atomic mass is 10.2. The minimum atomic E-state index is -4.45. The number of alkyl halides is 3. The molecule has 0 atom stereocenters. The maximum absolute atomic E-state index is 12.6. The molecule has 0 spiro atoms. The van der Waals surface area contributed by atoms with Gasteiger partial charge >= 0.3 is 6.18 Å². The molecule has 0 amide bonds. The van der Waals surface area contributed by atoms with E-state index in [1.807, 2.05) is 0 Å². The molecule has 1 N–H and O–H groups in total. The van der Waals surface area contributed by atoms with Crippen LogP contribution in [-0.4, -0.2) is 16.1 Å². The van der Waals surface area contributed by atoms with Crippen LogP contribution in [-0.2, 0) is 12.8 Å². The number of nitrogens with zero attached hydrogens (tertiary/aromatic N) is 3. The van der Waals surface area contributed by atoms with Gasteiger partial charge in [-0.25, -0.2) is 4.98 Å². The van der Waals surface area contributed by atoms with Crippen LogP contribution in [0.25, 0.3) is 0 Å². The highest BCUT2D eigenvalue weighted by Gasteiger charge is 2.30. The van der Waals surface area contributed by atoms with E-state index in [1.165, 1.54) is 24.4 Å². The molecule has 0 fully saturated rings. The Morgan fingerprint density at radius 2 is 1.78 bits per heavy atom. The molecule has 1 heterocycles. The summed E-state index contributed by atoms with van der Waals surface area (Å²) in [6, 6.07) is 11.6. The third-order valence-electron chi connectivity index (χ3n) is 4.03. The Kier molecular flexibility index (Phi) is 7.46. The summed E-state index contributed by atoms with van der Waals surface area (Å²) in [5.74, 6) is 0.688. The fourth-order valence-corrected chi connectivity index (χ4v) is 3.91. The van der Waals surface area contributed by atoms with Crippen molar-refractivity contribution in [3.05, 3.63) is 90.5 Å². The Labute approximate surface area is 196 Å². The summed E-state index contributed by atoms with van der Waals surface area (Å²) in [6.45, 7) is 0.198. The number of nitro benzene ring substituents is 1. The van der Waals surface area contributed by atoms with Gasteiger partial charge in [-0.3, -0.25) is 15.5 Å². The monoisotopic (exact) mass is 572 g/mol. The molecule has 0 aliphatic rings. The van der Waals surface area contributed by atoms with Gasteiger partial charge in [-0.15, -0.1) is 0 Å². The number of hydrazone groups is 1. The van der Waals surface area contributed by atoms with Gasteiger partial charge in [0.25, 0.3) is 5.69 Å². The van der Waals surface area contributed by atoms with Crippen molar-refractivity contribution in [2.24, 2.45) is 5.10 Å². The summed E-state index contributed by atoms with van der Waals surface area (Å²) in [4.78, 5) is 13.9. The lowest BCUT2D eigenvalue weighted by Crippen LogP contribution is -2.05. The molecule has 0 unspecified atom stereocenters. The number of ether oxygens (including phenoxy) is 1. The first-order valence-electron chi connectivity index (χ1n) is 8.81. The van der Waals surface area contributed by atoms with E-state index in [0.29, 0.717) is 20.3 Å². The molecule has 12 heteroatoms. The zero-order valence-corrected chi connectivity index (χ0v) is 19.1. The van der Waals surface area contributed by atoms with Gasteiger partial charge in [0.15, 0.2) is 0 Å².